The maximum absolute atomic E-state index is 11.7. The number of hydrogen-bond donors (Lipinski definition) is 0. The zero-order valence-electron chi connectivity index (χ0n) is 16.3. The van der Waals surface area contributed by atoms with Crippen molar-refractivity contribution in [2.24, 2.45) is 0 Å². The summed E-state index contributed by atoms with van der Waals surface area (Å²) in [5.74, 6) is 2.38. The van der Waals surface area contributed by atoms with E-state index in [2.05, 4.69) is 9.97 Å². The van der Waals surface area contributed by atoms with E-state index in [9.17, 15) is 8.42 Å². The summed E-state index contributed by atoms with van der Waals surface area (Å²) in [6.45, 7) is 0. The third-order valence-electron chi connectivity index (χ3n) is 4.58. The summed E-state index contributed by atoms with van der Waals surface area (Å²) in [5, 5.41) is 0. The summed E-state index contributed by atoms with van der Waals surface area (Å²) in [7, 11) is -3.26. The number of nitrogens with zero attached hydrogens (tertiary/aromatic N) is 2. The van der Waals surface area contributed by atoms with Gasteiger partial charge in [0, 0.05) is 36.7 Å². The van der Waals surface area contributed by atoms with Crippen molar-refractivity contribution in [1.82, 2.24) is 9.97 Å². The van der Waals surface area contributed by atoms with Crippen LogP contribution in [-0.2, 0) is 9.84 Å². The summed E-state index contributed by atoms with van der Waals surface area (Å²) in [6, 6.07) is 15.7. The third-order valence-corrected chi connectivity index (χ3v) is 5.71. The van der Waals surface area contributed by atoms with Crippen LogP contribution in [0.4, 0.5) is 0 Å². The molecule has 0 radical (unpaired) electrons. The van der Waals surface area contributed by atoms with Crippen LogP contribution < -0.4 is 9.47 Å². The number of pyridine rings is 2. The lowest BCUT2D eigenvalue weighted by Crippen LogP contribution is -2.13. The van der Waals surface area contributed by atoms with E-state index in [4.69, 9.17) is 9.47 Å². The van der Waals surface area contributed by atoms with Gasteiger partial charge in [0.15, 0.2) is 15.6 Å². The molecule has 0 amide bonds. The molecule has 7 heteroatoms. The Morgan fingerprint density at radius 2 is 1.77 bits per heavy atom. The number of sulfone groups is 1. The molecule has 0 saturated carbocycles. The van der Waals surface area contributed by atoms with Crippen molar-refractivity contribution in [1.29, 1.82) is 0 Å². The second-order valence-corrected chi connectivity index (χ2v) is 8.86. The first kappa shape index (κ1) is 19.8. The van der Waals surface area contributed by atoms with E-state index in [0.29, 0.717) is 29.4 Å². The van der Waals surface area contributed by atoms with Gasteiger partial charge in [0.05, 0.1) is 11.1 Å². The molecular weight excluding hydrogens is 400 g/mol. The second kappa shape index (κ2) is 8.51. The fourth-order valence-corrected chi connectivity index (χ4v) is 3.71. The number of ether oxygens (including phenoxy) is 2. The van der Waals surface area contributed by atoms with Crippen LogP contribution in [0.25, 0.3) is 0 Å². The summed E-state index contributed by atoms with van der Waals surface area (Å²) >= 11 is 0. The van der Waals surface area contributed by atoms with Gasteiger partial charge in [-0.1, -0.05) is 12.1 Å². The van der Waals surface area contributed by atoms with E-state index in [-0.39, 0.29) is 10.8 Å². The molecule has 1 aliphatic carbocycles. The quantitative estimate of drug-likeness (QED) is 0.592. The van der Waals surface area contributed by atoms with Crippen molar-refractivity contribution in [2.75, 3.05) is 6.26 Å². The zero-order valence-corrected chi connectivity index (χ0v) is 17.1. The molecule has 4 rings (SSSR count). The minimum Gasteiger partial charge on any atom is -0.456 e. The van der Waals surface area contributed by atoms with Gasteiger partial charge < -0.3 is 9.47 Å². The topological polar surface area (TPSA) is 78.4 Å². The van der Waals surface area contributed by atoms with Crippen molar-refractivity contribution in [2.45, 2.75) is 17.2 Å². The predicted molar refractivity (Wildman–Crippen MR) is 113 cm³/mol. The molecule has 2 aromatic heterocycles. The predicted octanol–water partition coefficient (Wildman–Crippen LogP) is 4.29. The number of hydrogen-bond acceptors (Lipinski definition) is 6. The Balaban J connectivity index is 1.62. The van der Waals surface area contributed by atoms with Gasteiger partial charge >= 0.3 is 0 Å². The van der Waals surface area contributed by atoms with Crippen LogP contribution >= 0.6 is 0 Å². The highest BCUT2D eigenvalue weighted by Gasteiger charge is 2.22. The van der Waals surface area contributed by atoms with Gasteiger partial charge in [0.2, 0.25) is 0 Å². The van der Waals surface area contributed by atoms with Crippen LogP contribution in [0.2, 0.25) is 0 Å². The van der Waals surface area contributed by atoms with Crippen molar-refractivity contribution >= 4 is 9.84 Å². The van der Waals surface area contributed by atoms with Gasteiger partial charge in [-0.25, -0.2) is 8.42 Å². The third kappa shape index (κ3) is 4.75. The van der Waals surface area contributed by atoms with Crippen LogP contribution in [0, 0.1) is 0 Å². The van der Waals surface area contributed by atoms with Crippen molar-refractivity contribution in [3.05, 3.63) is 103 Å². The van der Waals surface area contributed by atoms with Gasteiger partial charge in [0.1, 0.15) is 17.3 Å². The largest absolute Gasteiger partial charge is 0.456 e. The number of aromatic nitrogens is 2. The molecule has 0 bridgehead atoms. The highest BCUT2D eigenvalue weighted by molar-refractivity contribution is 7.90. The van der Waals surface area contributed by atoms with Crippen molar-refractivity contribution < 1.29 is 17.9 Å². The SMILES string of the molecule is CS(=O)(=O)c1ccc(OC2=C(Oc3cccnc3)CC(c3ccccn3)C=C2)cc1. The Hall–Kier alpha value is -3.45. The molecule has 0 spiro atoms. The standard InChI is InChI=1S/C23H20N2O4S/c1-30(26,27)20-10-8-18(9-11-20)28-22-12-7-17(21-6-2-3-14-25-21)15-23(22)29-19-5-4-13-24-16-19/h2-14,16-17H,15H2,1H3. The van der Waals surface area contributed by atoms with Crippen molar-refractivity contribution in [3.63, 3.8) is 0 Å². The molecule has 152 valence electrons. The minimum atomic E-state index is -3.26. The molecule has 0 aliphatic heterocycles. The zero-order chi connectivity index (χ0) is 21.0. The summed E-state index contributed by atoms with van der Waals surface area (Å²) in [6.07, 6.45) is 10.7. The monoisotopic (exact) mass is 420 g/mol. The average molecular weight is 420 g/mol. The Bertz CT molecular complexity index is 1170. The fraction of sp³-hybridized carbons (Fsp3) is 0.130. The van der Waals surface area contributed by atoms with Crippen LogP contribution in [0.5, 0.6) is 11.5 Å². The second-order valence-electron chi connectivity index (χ2n) is 6.85. The Kier molecular flexibility index (Phi) is 5.63. The van der Waals surface area contributed by atoms with E-state index in [1.165, 1.54) is 18.4 Å². The maximum atomic E-state index is 11.7. The summed E-state index contributed by atoms with van der Waals surface area (Å²) in [4.78, 5) is 8.78. The van der Waals surface area contributed by atoms with Gasteiger partial charge in [-0.2, -0.15) is 0 Å². The van der Waals surface area contributed by atoms with Gasteiger partial charge in [-0.3, -0.25) is 9.97 Å². The molecule has 0 N–H and O–H groups in total. The normalized spacial score (nSPS) is 16.4. The molecule has 2 heterocycles. The maximum Gasteiger partial charge on any atom is 0.175 e. The van der Waals surface area contributed by atoms with E-state index in [1.807, 2.05) is 36.4 Å². The minimum absolute atomic E-state index is 0.0535. The van der Waals surface area contributed by atoms with Gasteiger partial charge in [-0.05, 0) is 54.6 Å². The molecule has 1 aromatic carbocycles. The Morgan fingerprint density at radius 1 is 0.933 bits per heavy atom. The van der Waals surface area contributed by atoms with Gasteiger partial charge in [-0.15, -0.1) is 0 Å². The first-order chi connectivity index (χ1) is 14.5. The lowest BCUT2D eigenvalue weighted by Gasteiger charge is -2.22. The van der Waals surface area contributed by atoms with E-state index in [1.54, 1.807) is 36.8 Å². The molecule has 0 saturated heterocycles. The Labute approximate surface area is 175 Å². The van der Waals surface area contributed by atoms with Crippen molar-refractivity contribution in [3.8, 4) is 11.5 Å². The molecule has 1 unspecified atom stereocenters. The van der Waals surface area contributed by atoms with Crippen LogP contribution in [0.15, 0.2) is 102 Å². The molecule has 6 nitrogen and oxygen atoms in total. The lowest BCUT2D eigenvalue weighted by molar-refractivity contribution is 0.333. The Morgan fingerprint density at radius 3 is 2.43 bits per heavy atom. The molecular formula is C23H20N2O4S. The van der Waals surface area contributed by atoms with E-state index >= 15 is 0 Å². The van der Waals surface area contributed by atoms with Crippen LogP contribution in [0.3, 0.4) is 0 Å². The number of rotatable bonds is 6. The van der Waals surface area contributed by atoms with Gasteiger partial charge in [0.25, 0.3) is 0 Å². The highest BCUT2D eigenvalue weighted by Crippen LogP contribution is 2.33. The summed E-state index contributed by atoms with van der Waals surface area (Å²) < 4.78 is 35.4. The molecule has 3 aromatic rings. The van der Waals surface area contributed by atoms with Crippen LogP contribution in [-0.4, -0.2) is 24.6 Å². The number of allylic oxidation sites excluding steroid dienone is 3. The fourth-order valence-electron chi connectivity index (χ4n) is 3.08. The first-order valence-electron chi connectivity index (χ1n) is 9.37. The molecule has 30 heavy (non-hydrogen) atoms. The number of benzene rings is 1. The van der Waals surface area contributed by atoms with E-state index in [0.717, 1.165) is 5.69 Å². The smallest absolute Gasteiger partial charge is 0.175 e. The van der Waals surface area contributed by atoms with E-state index < -0.39 is 9.84 Å². The summed E-state index contributed by atoms with van der Waals surface area (Å²) in [5.41, 5.74) is 0.942. The molecule has 1 atom stereocenters. The first-order valence-corrected chi connectivity index (χ1v) is 11.3. The lowest BCUT2D eigenvalue weighted by atomic mass is 9.94. The molecule has 1 aliphatic rings. The van der Waals surface area contributed by atoms with Crippen LogP contribution in [0.1, 0.15) is 18.0 Å². The average Bonchev–Trinajstić information content (AvgIpc) is 2.76. The highest BCUT2D eigenvalue weighted by atomic mass is 32.2. The molecule has 0 fully saturated rings.